The van der Waals surface area contributed by atoms with Crippen LogP contribution >= 0.6 is 0 Å². The third-order valence-corrected chi connectivity index (χ3v) is 2.93. The molecule has 0 saturated carbocycles. The number of H-pyrrole nitrogens is 1. The summed E-state index contributed by atoms with van der Waals surface area (Å²) in [5.74, 6) is 1.55. The molecule has 2 rings (SSSR count). The number of carbonyl (C=O) groups is 1. The Balaban J connectivity index is 2.56. The van der Waals surface area contributed by atoms with Gasteiger partial charge in [0.25, 0.3) is 0 Å². The summed E-state index contributed by atoms with van der Waals surface area (Å²) < 4.78 is 20.5. The minimum absolute atomic E-state index is 0.243. The van der Waals surface area contributed by atoms with Gasteiger partial charge in [0.05, 0.1) is 34.6 Å². The van der Waals surface area contributed by atoms with E-state index in [-0.39, 0.29) is 5.69 Å². The van der Waals surface area contributed by atoms with Crippen LogP contribution in [-0.4, -0.2) is 44.4 Å². The normalized spacial score (nSPS) is 10.1. The van der Waals surface area contributed by atoms with Gasteiger partial charge >= 0.3 is 5.97 Å². The predicted octanol–water partition coefficient (Wildman–Crippen LogP) is 1.89. The first-order valence-electron chi connectivity index (χ1n) is 6.08. The lowest BCUT2D eigenvalue weighted by Crippen LogP contribution is -2.01. The molecule has 0 fully saturated rings. The fraction of sp³-hybridized carbons (Fsp3) is 0.286. The van der Waals surface area contributed by atoms with Crippen molar-refractivity contribution in [3.8, 4) is 28.6 Å². The van der Waals surface area contributed by atoms with Gasteiger partial charge < -0.3 is 23.9 Å². The number of hydrogen-bond donors (Lipinski definition) is 1. The quantitative estimate of drug-likeness (QED) is 0.847. The zero-order valence-electron chi connectivity index (χ0n) is 12.2. The second-order valence-electron chi connectivity index (χ2n) is 4.04. The van der Waals surface area contributed by atoms with E-state index in [0.717, 1.165) is 0 Å². The Morgan fingerprint density at radius 2 is 1.67 bits per heavy atom. The predicted molar refractivity (Wildman–Crippen MR) is 75.0 cm³/mol. The molecule has 0 aliphatic rings. The molecule has 2 aromatic rings. The van der Waals surface area contributed by atoms with E-state index in [1.807, 2.05) is 0 Å². The fourth-order valence-electron chi connectivity index (χ4n) is 1.90. The van der Waals surface area contributed by atoms with E-state index in [4.69, 9.17) is 14.2 Å². The number of ether oxygens (including phenoxy) is 4. The number of carbonyl (C=O) groups excluding carboxylic acids is 1. The van der Waals surface area contributed by atoms with Crippen LogP contribution in [0.15, 0.2) is 18.3 Å². The van der Waals surface area contributed by atoms with Crippen molar-refractivity contribution in [2.45, 2.75) is 0 Å². The van der Waals surface area contributed by atoms with Crippen molar-refractivity contribution in [2.24, 2.45) is 0 Å². The van der Waals surface area contributed by atoms with E-state index in [9.17, 15) is 4.79 Å². The number of hydrogen-bond acceptors (Lipinski definition) is 6. The summed E-state index contributed by atoms with van der Waals surface area (Å²) in [4.78, 5) is 18.5. The number of imidazole rings is 1. The molecule has 1 aromatic carbocycles. The van der Waals surface area contributed by atoms with Crippen molar-refractivity contribution >= 4 is 5.97 Å². The van der Waals surface area contributed by atoms with Gasteiger partial charge in [0.1, 0.15) is 34.3 Å². The Labute approximate surface area is 121 Å². The van der Waals surface area contributed by atoms with Crippen LogP contribution < -0.4 is 14.2 Å². The summed E-state index contributed by atoms with van der Waals surface area (Å²) in [6.45, 7) is 0. The number of esters is 1. The van der Waals surface area contributed by atoms with Gasteiger partial charge in [0.2, 0.25) is 0 Å². The fourth-order valence-corrected chi connectivity index (χ4v) is 1.90. The first kappa shape index (κ1) is 14.7. The van der Waals surface area contributed by atoms with Gasteiger partial charge in [-0.3, -0.25) is 0 Å². The highest BCUT2D eigenvalue weighted by Gasteiger charge is 2.19. The molecule has 1 heterocycles. The topological polar surface area (TPSA) is 82.7 Å². The van der Waals surface area contributed by atoms with Crippen LogP contribution in [0.3, 0.4) is 0 Å². The molecule has 0 bridgehead atoms. The molecule has 7 nitrogen and oxygen atoms in total. The average molecular weight is 292 g/mol. The maximum atomic E-state index is 11.5. The van der Waals surface area contributed by atoms with Crippen molar-refractivity contribution in [1.29, 1.82) is 0 Å². The molecule has 112 valence electrons. The number of nitrogens with zero attached hydrogens (tertiary/aromatic N) is 1. The highest BCUT2D eigenvalue weighted by Crippen LogP contribution is 2.40. The van der Waals surface area contributed by atoms with Crippen molar-refractivity contribution in [2.75, 3.05) is 28.4 Å². The Kier molecular flexibility index (Phi) is 4.32. The first-order valence-corrected chi connectivity index (χ1v) is 6.08. The van der Waals surface area contributed by atoms with Crippen molar-refractivity contribution in [3.05, 3.63) is 24.0 Å². The van der Waals surface area contributed by atoms with E-state index >= 15 is 0 Å². The molecule has 1 N–H and O–H groups in total. The van der Waals surface area contributed by atoms with Crippen LogP contribution in [0.5, 0.6) is 17.2 Å². The van der Waals surface area contributed by atoms with E-state index < -0.39 is 5.97 Å². The first-order chi connectivity index (χ1) is 10.1. The Bertz CT molecular complexity index is 626. The minimum Gasteiger partial charge on any atom is -0.496 e. The summed E-state index contributed by atoms with van der Waals surface area (Å²) >= 11 is 0. The molecule has 0 atom stereocenters. The van der Waals surface area contributed by atoms with Gasteiger partial charge in [-0.05, 0) is 0 Å². The lowest BCUT2D eigenvalue weighted by molar-refractivity contribution is 0.0594. The Hall–Kier alpha value is -2.70. The van der Waals surface area contributed by atoms with Crippen LogP contribution in [0.25, 0.3) is 11.4 Å². The minimum atomic E-state index is -0.500. The van der Waals surface area contributed by atoms with Gasteiger partial charge in [-0.2, -0.15) is 0 Å². The Morgan fingerprint density at radius 3 is 2.14 bits per heavy atom. The molecule has 0 unspecified atom stereocenters. The third kappa shape index (κ3) is 2.76. The number of aromatic nitrogens is 2. The van der Waals surface area contributed by atoms with Crippen LogP contribution in [0.1, 0.15) is 10.5 Å². The lowest BCUT2D eigenvalue weighted by Gasteiger charge is -2.13. The lowest BCUT2D eigenvalue weighted by atomic mass is 10.1. The SMILES string of the molecule is COC(=O)c1cnc(-c2c(OC)cc(OC)cc2OC)[nH]1. The summed E-state index contributed by atoms with van der Waals surface area (Å²) in [7, 11) is 5.91. The number of aromatic amines is 1. The van der Waals surface area contributed by atoms with Crippen molar-refractivity contribution in [1.82, 2.24) is 9.97 Å². The molecular formula is C14H16N2O5. The molecule has 0 aliphatic heterocycles. The molecule has 21 heavy (non-hydrogen) atoms. The van der Waals surface area contributed by atoms with Gasteiger partial charge in [0.15, 0.2) is 0 Å². The van der Waals surface area contributed by atoms with Crippen molar-refractivity contribution in [3.63, 3.8) is 0 Å². The van der Waals surface area contributed by atoms with E-state index in [0.29, 0.717) is 28.6 Å². The number of methoxy groups -OCH3 is 4. The molecule has 7 heteroatoms. The largest absolute Gasteiger partial charge is 0.496 e. The molecule has 0 saturated heterocycles. The molecule has 1 aromatic heterocycles. The Morgan fingerprint density at radius 1 is 1.05 bits per heavy atom. The summed E-state index contributed by atoms with van der Waals surface area (Å²) in [5, 5.41) is 0. The second kappa shape index (κ2) is 6.17. The molecule has 0 spiro atoms. The number of nitrogens with one attached hydrogen (secondary N) is 1. The third-order valence-electron chi connectivity index (χ3n) is 2.93. The summed E-state index contributed by atoms with van der Waals surface area (Å²) in [5.41, 5.74) is 0.836. The summed E-state index contributed by atoms with van der Waals surface area (Å²) in [6, 6.07) is 3.41. The molecular weight excluding hydrogens is 276 g/mol. The second-order valence-corrected chi connectivity index (χ2v) is 4.04. The monoisotopic (exact) mass is 292 g/mol. The zero-order valence-corrected chi connectivity index (χ0v) is 12.2. The highest BCUT2D eigenvalue weighted by atomic mass is 16.5. The van der Waals surface area contributed by atoms with E-state index in [2.05, 4.69) is 14.7 Å². The van der Waals surface area contributed by atoms with Crippen LogP contribution in [0.4, 0.5) is 0 Å². The van der Waals surface area contributed by atoms with E-state index in [1.54, 1.807) is 19.2 Å². The summed E-state index contributed by atoms with van der Waals surface area (Å²) in [6.07, 6.45) is 1.39. The van der Waals surface area contributed by atoms with Crippen LogP contribution in [0, 0.1) is 0 Å². The number of benzene rings is 1. The maximum absolute atomic E-state index is 11.5. The standard InChI is InChI=1S/C14H16N2O5/c1-18-8-5-10(19-2)12(11(6-8)20-3)13-15-7-9(16-13)14(17)21-4/h5-7H,1-4H3,(H,15,16). The molecule has 0 aliphatic carbocycles. The van der Waals surface area contributed by atoms with Crippen molar-refractivity contribution < 1.29 is 23.7 Å². The van der Waals surface area contributed by atoms with Gasteiger partial charge in [0, 0.05) is 12.1 Å². The molecule has 0 radical (unpaired) electrons. The highest BCUT2D eigenvalue weighted by molar-refractivity contribution is 5.88. The number of rotatable bonds is 5. The zero-order chi connectivity index (χ0) is 15.4. The smallest absolute Gasteiger partial charge is 0.356 e. The average Bonchev–Trinajstić information content (AvgIpc) is 3.01. The van der Waals surface area contributed by atoms with Crippen LogP contribution in [0.2, 0.25) is 0 Å². The van der Waals surface area contributed by atoms with Gasteiger partial charge in [-0.1, -0.05) is 0 Å². The molecule has 0 amide bonds. The van der Waals surface area contributed by atoms with Gasteiger partial charge in [-0.15, -0.1) is 0 Å². The van der Waals surface area contributed by atoms with Crippen LogP contribution in [-0.2, 0) is 4.74 Å². The van der Waals surface area contributed by atoms with E-state index in [1.165, 1.54) is 27.5 Å². The maximum Gasteiger partial charge on any atom is 0.356 e. The van der Waals surface area contributed by atoms with Gasteiger partial charge in [-0.25, -0.2) is 9.78 Å².